The Balaban J connectivity index is 2.02. The Kier molecular flexibility index (Phi) is 5.06. The molecule has 2 rings (SSSR count). The Morgan fingerprint density at radius 2 is 2.22 bits per heavy atom. The van der Waals surface area contributed by atoms with Crippen molar-refractivity contribution in [3.63, 3.8) is 0 Å². The molecule has 98 valence electrons. The Hall–Kier alpha value is -0.550. The van der Waals surface area contributed by atoms with Gasteiger partial charge in [0.15, 0.2) is 0 Å². The van der Waals surface area contributed by atoms with Crippen LogP contribution in [0.25, 0.3) is 0 Å². The molecule has 0 spiro atoms. The normalized spacial score (nSPS) is 23.7. The first-order valence-corrected chi connectivity index (χ1v) is 8.25. The van der Waals surface area contributed by atoms with E-state index in [1.54, 1.807) is 6.07 Å². The van der Waals surface area contributed by atoms with Crippen LogP contribution in [0.3, 0.4) is 0 Å². The standard InChI is InChI=1S/C13H17BrN2OS/c1-18-11-7-3-2-5-9(11)16-13(17)10-6-4-8-12(14)15-10/h4,6,8-9,11H,2-3,5,7H2,1H3,(H,16,17). The molecule has 18 heavy (non-hydrogen) atoms. The second-order valence-electron chi connectivity index (χ2n) is 4.48. The van der Waals surface area contributed by atoms with Crippen LogP contribution < -0.4 is 5.32 Å². The summed E-state index contributed by atoms with van der Waals surface area (Å²) >= 11 is 5.14. The van der Waals surface area contributed by atoms with Gasteiger partial charge in [-0.25, -0.2) is 4.98 Å². The van der Waals surface area contributed by atoms with Crippen LogP contribution in [-0.2, 0) is 0 Å². The summed E-state index contributed by atoms with van der Waals surface area (Å²) in [5.41, 5.74) is 0.481. The van der Waals surface area contributed by atoms with E-state index in [1.165, 1.54) is 19.3 Å². The number of amides is 1. The van der Waals surface area contributed by atoms with Crippen LogP contribution in [0.5, 0.6) is 0 Å². The monoisotopic (exact) mass is 328 g/mol. The van der Waals surface area contributed by atoms with Crippen molar-refractivity contribution < 1.29 is 4.79 Å². The van der Waals surface area contributed by atoms with Gasteiger partial charge in [0.05, 0.1) is 0 Å². The summed E-state index contributed by atoms with van der Waals surface area (Å²) in [5, 5.41) is 3.66. The van der Waals surface area contributed by atoms with E-state index in [9.17, 15) is 4.79 Å². The Bertz CT molecular complexity index is 427. The van der Waals surface area contributed by atoms with Gasteiger partial charge in [0.2, 0.25) is 0 Å². The predicted molar refractivity (Wildman–Crippen MR) is 79.0 cm³/mol. The van der Waals surface area contributed by atoms with Crippen molar-refractivity contribution in [2.24, 2.45) is 0 Å². The smallest absolute Gasteiger partial charge is 0.270 e. The van der Waals surface area contributed by atoms with Gasteiger partial charge in [0.25, 0.3) is 5.91 Å². The molecule has 0 saturated heterocycles. The van der Waals surface area contributed by atoms with Crippen molar-refractivity contribution in [2.75, 3.05) is 6.26 Å². The number of hydrogen-bond acceptors (Lipinski definition) is 3. The summed E-state index contributed by atoms with van der Waals surface area (Å²) in [7, 11) is 0. The van der Waals surface area contributed by atoms with Gasteiger partial charge in [-0.2, -0.15) is 11.8 Å². The van der Waals surface area contributed by atoms with Gasteiger partial charge in [-0.1, -0.05) is 18.9 Å². The molecule has 1 aromatic rings. The zero-order valence-corrected chi connectivity index (χ0v) is 12.8. The highest BCUT2D eigenvalue weighted by molar-refractivity contribution is 9.10. The van der Waals surface area contributed by atoms with Gasteiger partial charge in [0, 0.05) is 11.3 Å². The Morgan fingerprint density at radius 1 is 1.44 bits per heavy atom. The van der Waals surface area contributed by atoms with Gasteiger partial charge in [0.1, 0.15) is 10.3 Å². The largest absolute Gasteiger partial charge is 0.347 e. The molecule has 3 nitrogen and oxygen atoms in total. The van der Waals surface area contributed by atoms with Gasteiger partial charge in [-0.3, -0.25) is 4.79 Å². The molecule has 2 unspecified atom stereocenters. The van der Waals surface area contributed by atoms with Gasteiger partial charge >= 0.3 is 0 Å². The lowest BCUT2D eigenvalue weighted by atomic mass is 9.95. The van der Waals surface area contributed by atoms with Crippen molar-refractivity contribution in [1.82, 2.24) is 10.3 Å². The first-order chi connectivity index (χ1) is 8.70. The Labute approximate surface area is 120 Å². The lowest BCUT2D eigenvalue weighted by molar-refractivity contribution is 0.0924. The number of carbonyl (C=O) groups is 1. The molecule has 1 heterocycles. The summed E-state index contributed by atoms with van der Waals surface area (Å²) in [5.74, 6) is -0.0674. The van der Waals surface area contributed by atoms with Crippen LogP contribution in [0.15, 0.2) is 22.8 Å². The van der Waals surface area contributed by atoms with E-state index in [2.05, 4.69) is 32.5 Å². The molecular formula is C13H17BrN2OS. The first-order valence-electron chi connectivity index (χ1n) is 6.17. The predicted octanol–water partition coefficient (Wildman–Crippen LogP) is 3.25. The van der Waals surface area contributed by atoms with Crippen LogP contribution in [0.4, 0.5) is 0 Å². The topological polar surface area (TPSA) is 42.0 Å². The third-order valence-corrected chi connectivity index (χ3v) is 4.88. The van der Waals surface area contributed by atoms with Crippen molar-refractivity contribution >= 4 is 33.6 Å². The van der Waals surface area contributed by atoms with E-state index in [4.69, 9.17) is 0 Å². The molecule has 0 aliphatic heterocycles. The highest BCUT2D eigenvalue weighted by atomic mass is 79.9. The fourth-order valence-corrected chi connectivity index (χ4v) is 3.60. The molecule has 1 amide bonds. The van der Waals surface area contributed by atoms with Crippen LogP contribution in [0.2, 0.25) is 0 Å². The summed E-state index contributed by atoms with van der Waals surface area (Å²) in [4.78, 5) is 16.3. The first kappa shape index (κ1) is 13.9. The number of aromatic nitrogens is 1. The molecule has 0 radical (unpaired) electrons. The summed E-state index contributed by atoms with van der Waals surface area (Å²) < 4.78 is 0.695. The number of carbonyl (C=O) groups excluding carboxylic acids is 1. The number of rotatable bonds is 3. The maximum Gasteiger partial charge on any atom is 0.270 e. The number of halogens is 1. The molecule has 1 aromatic heterocycles. The minimum atomic E-state index is -0.0674. The van der Waals surface area contributed by atoms with Gasteiger partial charge < -0.3 is 5.32 Å². The average molecular weight is 329 g/mol. The second kappa shape index (κ2) is 6.57. The van der Waals surface area contributed by atoms with Crippen molar-refractivity contribution in [3.8, 4) is 0 Å². The van der Waals surface area contributed by atoms with Crippen molar-refractivity contribution in [3.05, 3.63) is 28.5 Å². The third-order valence-electron chi connectivity index (χ3n) is 3.27. The lowest BCUT2D eigenvalue weighted by Gasteiger charge is -2.30. The molecule has 5 heteroatoms. The minimum Gasteiger partial charge on any atom is -0.347 e. The summed E-state index contributed by atoms with van der Waals surface area (Å²) in [6.45, 7) is 0. The average Bonchev–Trinajstić information content (AvgIpc) is 2.39. The Morgan fingerprint density at radius 3 is 2.94 bits per heavy atom. The molecule has 0 bridgehead atoms. The highest BCUT2D eigenvalue weighted by Gasteiger charge is 2.26. The molecule has 1 aliphatic carbocycles. The number of hydrogen-bond donors (Lipinski definition) is 1. The summed E-state index contributed by atoms with van der Waals surface area (Å²) in [6.07, 6.45) is 6.86. The van der Waals surface area contributed by atoms with E-state index < -0.39 is 0 Å². The van der Waals surface area contributed by atoms with Crippen molar-refractivity contribution in [1.29, 1.82) is 0 Å². The van der Waals surface area contributed by atoms with Gasteiger partial charge in [-0.05, 0) is 47.2 Å². The number of nitrogens with zero attached hydrogens (tertiary/aromatic N) is 1. The van der Waals surface area contributed by atoms with Crippen LogP contribution in [0, 0.1) is 0 Å². The molecule has 0 aromatic carbocycles. The fraction of sp³-hybridized carbons (Fsp3) is 0.538. The zero-order chi connectivity index (χ0) is 13.0. The van der Waals surface area contributed by atoms with Gasteiger partial charge in [-0.15, -0.1) is 0 Å². The molecule has 1 saturated carbocycles. The second-order valence-corrected chi connectivity index (χ2v) is 6.37. The quantitative estimate of drug-likeness (QED) is 0.866. The van der Waals surface area contributed by atoms with Crippen LogP contribution in [-0.4, -0.2) is 28.4 Å². The number of nitrogens with one attached hydrogen (secondary N) is 1. The minimum absolute atomic E-state index is 0.0674. The van der Waals surface area contributed by atoms with E-state index in [0.29, 0.717) is 15.5 Å². The van der Waals surface area contributed by atoms with Crippen molar-refractivity contribution in [2.45, 2.75) is 37.0 Å². The lowest BCUT2D eigenvalue weighted by Crippen LogP contribution is -2.43. The molecule has 1 N–H and O–H groups in total. The molecule has 1 aliphatic rings. The molecule has 2 atom stereocenters. The zero-order valence-electron chi connectivity index (χ0n) is 10.4. The van der Waals surface area contributed by atoms with Crippen LogP contribution >= 0.6 is 27.7 Å². The molecule has 1 fully saturated rings. The van der Waals surface area contributed by atoms with Crippen LogP contribution in [0.1, 0.15) is 36.2 Å². The summed E-state index contributed by atoms with van der Waals surface area (Å²) in [6, 6.07) is 5.68. The third kappa shape index (κ3) is 3.48. The maximum atomic E-state index is 12.1. The number of pyridine rings is 1. The highest BCUT2D eigenvalue weighted by Crippen LogP contribution is 2.27. The molecular weight excluding hydrogens is 312 g/mol. The number of thioether (sulfide) groups is 1. The van der Waals surface area contributed by atoms with E-state index in [0.717, 1.165) is 6.42 Å². The van der Waals surface area contributed by atoms with E-state index >= 15 is 0 Å². The maximum absolute atomic E-state index is 12.1. The van der Waals surface area contributed by atoms with E-state index in [1.807, 2.05) is 23.9 Å². The fourth-order valence-electron chi connectivity index (χ4n) is 2.32. The SMILES string of the molecule is CSC1CCCCC1NC(=O)c1cccc(Br)n1. The van der Waals surface area contributed by atoms with E-state index in [-0.39, 0.29) is 11.9 Å².